The van der Waals surface area contributed by atoms with E-state index in [-0.39, 0.29) is 47.8 Å². The Labute approximate surface area is 865 Å². The van der Waals surface area contributed by atoms with Gasteiger partial charge in [0, 0.05) is 124 Å². The molecule has 0 aromatic carbocycles. The van der Waals surface area contributed by atoms with Gasteiger partial charge in [-0.05, 0) is 298 Å². The summed E-state index contributed by atoms with van der Waals surface area (Å²) in [4.78, 5) is 91.0. The van der Waals surface area contributed by atoms with Crippen molar-refractivity contribution in [3.8, 4) is 0 Å². The molecule has 0 saturated carbocycles. The predicted molar refractivity (Wildman–Crippen MR) is 583 cm³/mol. The van der Waals surface area contributed by atoms with E-state index in [2.05, 4.69) is 157 Å². The minimum absolute atomic E-state index is 0.327. The molecular weight excluding hydrogens is 1960 g/mol. The summed E-state index contributed by atoms with van der Waals surface area (Å²) in [6.45, 7) is 94.2. The van der Waals surface area contributed by atoms with E-state index in [4.69, 9.17) is 111 Å². The van der Waals surface area contributed by atoms with E-state index in [9.17, 15) is 38.4 Å². The molecule has 142 heavy (non-hydrogen) atoms. The largest absolute Gasteiger partial charge is 0.462 e. The van der Waals surface area contributed by atoms with Gasteiger partial charge in [-0.15, -0.1) is 0 Å². The molecule has 0 amide bonds. The van der Waals surface area contributed by atoms with Crippen molar-refractivity contribution in [2.75, 3.05) is 211 Å². The van der Waals surface area contributed by atoms with Gasteiger partial charge in [0.2, 0.25) is 0 Å². The van der Waals surface area contributed by atoms with Crippen LogP contribution in [0.2, 0.25) is 153 Å². The van der Waals surface area contributed by atoms with Crippen molar-refractivity contribution in [3.05, 3.63) is 97.2 Å². The summed E-state index contributed by atoms with van der Waals surface area (Å²) in [5.74, 6) is -2.67. The molecular formula is C102H196O32Si8. The molecule has 40 heteroatoms. The van der Waals surface area contributed by atoms with Crippen LogP contribution < -0.4 is 0 Å². The van der Waals surface area contributed by atoms with Gasteiger partial charge in [-0.2, -0.15) is 0 Å². The zero-order valence-corrected chi connectivity index (χ0v) is 101. The van der Waals surface area contributed by atoms with E-state index in [1.807, 2.05) is 0 Å². The third-order valence-corrected chi connectivity index (χ3v) is 40.9. The molecule has 0 radical (unpaired) electrons. The Bertz CT molecular complexity index is 3300. The number of rotatable bonds is 90. The quantitative estimate of drug-likeness (QED) is 0.0179. The number of esters is 8. The lowest BCUT2D eigenvalue weighted by molar-refractivity contribution is -0.139. The molecule has 0 saturated heterocycles. The van der Waals surface area contributed by atoms with E-state index < -0.39 is 66.5 Å². The summed E-state index contributed by atoms with van der Waals surface area (Å²) >= 11 is 0. The third-order valence-electron chi connectivity index (χ3n) is 20.5. The van der Waals surface area contributed by atoms with Gasteiger partial charge in [-0.1, -0.05) is 52.6 Å². The Balaban J connectivity index is -0.000000899. The number of hydrogen-bond acceptors (Lipinski definition) is 32. The molecule has 0 aromatic rings. The predicted octanol–water partition coefficient (Wildman–Crippen LogP) is 20.3. The monoisotopic (exact) mass is 2160 g/mol. The van der Waals surface area contributed by atoms with Crippen LogP contribution in [-0.4, -0.2) is 326 Å². The SMILES string of the molecule is C=C(C)C(=O)OCCC[Si](C)(C)OCCCOCCCOCCCOCCCO[Si](C)(C)CCCOC(=O)C(=C)C.C=C(C)C(=O)OCCC[Si](C)(C)OCCCOCCCO[Si](C)(C)CCCOC(=O)C(=C)C.C=C(C)C(=O)OCCC[Si](C)(C)OCCOCCOCCOCCO[Si](C)(C)CCCOC(=O)C(=C)C.C=C(C)C(=O)OCCC[Si](C)(C)OCCOCCO[Si](C)(C)CCCOC(=O)C(=C)C. The molecule has 0 atom stereocenters. The van der Waals surface area contributed by atoms with Gasteiger partial charge < -0.3 is 111 Å². The fourth-order valence-corrected chi connectivity index (χ4v) is 26.4. The maximum absolute atomic E-state index is 11.4. The second kappa shape index (κ2) is 86.6. The lowest BCUT2D eigenvalue weighted by Gasteiger charge is -2.24. The first kappa shape index (κ1) is 143. The number of hydrogen-bond donors (Lipinski definition) is 0. The summed E-state index contributed by atoms with van der Waals surface area (Å²) in [6, 6.07) is 7.46. The minimum atomic E-state index is -1.80. The van der Waals surface area contributed by atoms with Gasteiger partial charge in [0.1, 0.15) is 0 Å². The third kappa shape index (κ3) is 98.1. The minimum Gasteiger partial charge on any atom is -0.462 e. The number of carbonyl (C=O) groups is 8. The second-order valence-corrected chi connectivity index (χ2v) is 74.5. The van der Waals surface area contributed by atoms with Crippen LogP contribution in [0.25, 0.3) is 0 Å². The Hall–Kier alpha value is -5.22. The van der Waals surface area contributed by atoms with Crippen molar-refractivity contribution < 1.29 is 150 Å². The smallest absolute Gasteiger partial charge is 0.333 e. The first-order valence-corrected chi connectivity index (χ1v) is 75.7. The summed E-state index contributed by atoms with van der Waals surface area (Å²) in [6.07, 6.45) is 11.6. The van der Waals surface area contributed by atoms with E-state index in [0.717, 1.165) is 138 Å². The van der Waals surface area contributed by atoms with E-state index in [1.54, 1.807) is 55.4 Å². The molecule has 0 fully saturated rings. The first-order chi connectivity index (χ1) is 66.4. The van der Waals surface area contributed by atoms with Gasteiger partial charge in [-0.3, -0.25) is 0 Å². The van der Waals surface area contributed by atoms with Crippen molar-refractivity contribution in [2.24, 2.45) is 0 Å². The highest BCUT2D eigenvalue weighted by Gasteiger charge is 2.30. The number of ether oxygens (including phenoxy) is 16. The lowest BCUT2D eigenvalue weighted by Crippen LogP contribution is -2.33. The highest BCUT2D eigenvalue weighted by Crippen LogP contribution is 2.23. The van der Waals surface area contributed by atoms with Crippen molar-refractivity contribution in [1.29, 1.82) is 0 Å². The highest BCUT2D eigenvalue weighted by molar-refractivity contribution is 6.73. The molecule has 0 heterocycles. The second-order valence-electron chi connectivity index (χ2n) is 40.0. The van der Waals surface area contributed by atoms with E-state index in [0.29, 0.717) is 256 Å². The molecule has 0 aliphatic heterocycles. The average Bonchev–Trinajstić information content (AvgIpc) is 0.958. The topological polar surface area (TPSA) is 358 Å². The van der Waals surface area contributed by atoms with Gasteiger partial charge in [0.15, 0.2) is 66.5 Å². The highest BCUT2D eigenvalue weighted by atomic mass is 28.4. The van der Waals surface area contributed by atoms with E-state index in [1.165, 1.54) is 0 Å². The van der Waals surface area contributed by atoms with Gasteiger partial charge in [0.05, 0.1) is 132 Å². The van der Waals surface area contributed by atoms with Crippen LogP contribution in [-0.2, 0) is 150 Å². The molecule has 0 spiro atoms. The summed E-state index contributed by atoms with van der Waals surface area (Å²) in [7, 11) is -14.2. The zero-order valence-electron chi connectivity index (χ0n) is 92.9. The molecule has 0 aromatic heterocycles. The maximum atomic E-state index is 11.4. The van der Waals surface area contributed by atoms with Crippen LogP contribution in [0.5, 0.6) is 0 Å². The van der Waals surface area contributed by atoms with Gasteiger partial charge >= 0.3 is 47.8 Å². The fraction of sp³-hybridized carbons (Fsp3) is 0.765. The van der Waals surface area contributed by atoms with Crippen molar-refractivity contribution in [1.82, 2.24) is 0 Å². The molecule has 0 unspecified atom stereocenters. The molecule has 0 bridgehead atoms. The fourth-order valence-electron chi connectivity index (χ4n) is 12.0. The van der Waals surface area contributed by atoms with Crippen LogP contribution in [0.4, 0.5) is 0 Å². The molecule has 0 rings (SSSR count). The van der Waals surface area contributed by atoms with Crippen LogP contribution >= 0.6 is 0 Å². The van der Waals surface area contributed by atoms with Crippen LogP contribution in [0.15, 0.2) is 97.2 Å². The molecule has 828 valence electrons. The van der Waals surface area contributed by atoms with Crippen LogP contribution in [0.3, 0.4) is 0 Å². The maximum Gasteiger partial charge on any atom is 0.333 e. The van der Waals surface area contributed by atoms with Crippen LogP contribution in [0.1, 0.15) is 145 Å². The summed E-state index contributed by atoms with van der Waals surface area (Å²) in [5.41, 5.74) is 3.40. The standard InChI is InChI=1S/C30H58O9Si2.C26H50O9Si2.C24H46O7Si2.C22H42O7Si2/c1-27(2)29(31)36-21-13-25-40(5,6)38-23-11-19-34-17-9-15-33-16-10-18-35-20-12-24-39-41(7,8)26-14-22-37-30(32)28(3)4;1-23(2)25(27)32-11-9-21-36(5,6)34-19-17-30-15-13-29-14-16-31-18-20-35-37(7,8)22-10-12-33-26(28)24(3)4;1-21(2)23(25)28-15-11-19-32(5,6)30-17-9-13-27-14-10-18-31-33(7,8)20-12-16-29-24(26)22(3)4;1-19(2)21(23)26-11-9-17-30(5,6)28-15-13-25-14-16-29-31(7,8)18-10-12-27-22(24)20(3)4/h1,3,9-26H2,2,4-8H3;1,3,9-22H2,2,4-8H3;1,3,9-20H2,2,4-8H3;1,3,9-18H2,2,4-8H3. The number of carbonyl (C=O) groups excluding carboxylic acids is 8. The summed E-state index contributed by atoms with van der Waals surface area (Å²) < 4.78 is 134. The van der Waals surface area contributed by atoms with Crippen LogP contribution in [0, 0.1) is 0 Å². The van der Waals surface area contributed by atoms with Crippen molar-refractivity contribution in [3.63, 3.8) is 0 Å². The molecule has 0 aliphatic rings. The normalized spacial score (nSPS) is 11.8. The Morgan fingerprint density at radius 1 is 0.141 bits per heavy atom. The Kier molecular flexibility index (Phi) is 87.2. The first-order valence-electron chi connectivity index (χ1n) is 50.8. The zero-order chi connectivity index (χ0) is 108. The average molecular weight is 2160 g/mol. The van der Waals surface area contributed by atoms with Gasteiger partial charge in [-0.25, -0.2) is 38.4 Å². The molecule has 0 aliphatic carbocycles. The summed E-state index contributed by atoms with van der Waals surface area (Å²) in [5, 5.41) is 0. The Morgan fingerprint density at radius 2 is 0.239 bits per heavy atom. The lowest BCUT2D eigenvalue weighted by atomic mass is 10.4. The van der Waals surface area contributed by atoms with Crippen molar-refractivity contribution in [2.45, 2.75) is 298 Å². The van der Waals surface area contributed by atoms with Gasteiger partial charge in [0.25, 0.3) is 0 Å². The van der Waals surface area contributed by atoms with E-state index >= 15 is 0 Å². The molecule has 32 nitrogen and oxygen atoms in total. The Morgan fingerprint density at radius 3 is 0.359 bits per heavy atom. The van der Waals surface area contributed by atoms with Crippen molar-refractivity contribution >= 4 is 114 Å². The molecule has 0 N–H and O–H groups in total.